The van der Waals surface area contributed by atoms with Gasteiger partial charge in [0.05, 0.1) is 18.2 Å². The van der Waals surface area contributed by atoms with Crippen molar-refractivity contribution in [2.75, 3.05) is 23.6 Å². The molecule has 3 heterocycles. The van der Waals surface area contributed by atoms with E-state index < -0.39 is 11.7 Å². The maximum Gasteiger partial charge on any atom is 0.231 e. The molecule has 1 saturated heterocycles. The summed E-state index contributed by atoms with van der Waals surface area (Å²) in [6.07, 6.45) is 1.75. The smallest absolute Gasteiger partial charge is 0.231 e. The van der Waals surface area contributed by atoms with Crippen molar-refractivity contribution in [3.05, 3.63) is 82.2 Å². The number of aromatic nitrogens is 3. The standard InChI is InChI=1S/C29H25BrFN5O4/c1-16-9-18(3-6-23(16)30)17(2)36-14-25(33-34-36)22-11-20(4-7-24(22)31)32-29(38)19-10-28(37)35(13-19)21-5-8-26-27(12-21)40-15-39-26/h3-9,11-12,14,17,19H,10,13,15H2,1-2H3,(H,32,38)/t17-,19?/m0/s1. The van der Waals surface area contributed by atoms with Crippen LogP contribution < -0.4 is 19.7 Å². The molecule has 2 atom stereocenters. The number of amides is 2. The van der Waals surface area contributed by atoms with Gasteiger partial charge in [0.2, 0.25) is 18.6 Å². The normalized spacial score (nSPS) is 16.9. The Morgan fingerprint density at radius 3 is 2.77 bits per heavy atom. The Kier molecular flexibility index (Phi) is 6.75. The Bertz CT molecular complexity index is 1640. The summed E-state index contributed by atoms with van der Waals surface area (Å²) in [4.78, 5) is 27.4. The molecule has 11 heteroatoms. The van der Waals surface area contributed by atoms with Crippen molar-refractivity contribution in [3.63, 3.8) is 0 Å². The van der Waals surface area contributed by atoms with Crippen LogP contribution in [-0.4, -0.2) is 40.1 Å². The summed E-state index contributed by atoms with van der Waals surface area (Å²) in [6, 6.07) is 15.5. The van der Waals surface area contributed by atoms with Gasteiger partial charge in [-0.25, -0.2) is 9.07 Å². The molecule has 9 nitrogen and oxygen atoms in total. The highest BCUT2D eigenvalue weighted by molar-refractivity contribution is 9.10. The Labute approximate surface area is 238 Å². The first kappa shape index (κ1) is 26.0. The molecule has 40 heavy (non-hydrogen) atoms. The zero-order valence-electron chi connectivity index (χ0n) is 21.7. The summed E-state index contributed by atoms with van der Waals surface area (Å²) in [5.74, 6) is -0.350. The fourth-order valence-corrected chi connectivity index (χ4v) is 5.15. The molecule has 3 aromatic carbocycles. The summed E-state index contributed by atoms with van der Waals surface area (Å²) in [5.41, 5.74) is 3.75. The van der Waals surface area contributed by atoms with Crippen LogP contribution in [0, 0.1) is 18.7 Å². The Morgan fingerprint density at radius 2 is 1.95 bits per heavy atom. The van der Waals surface area contributed by atoms with E-state index in [9.17, 15) is 14.0 Å². The number of rotatable bonds is 6. The van der Waals surface area contributed by atoms with Gasteiger partial charge < -0.3 is 19.7 Å². The second-order valence-corrected chi connectivity index (χ2v) is 10.7. The minimum Gasteiger partial charge on any atom is -0.454 e. The van der Waals surface area contributed by atoms with E-state index >= 15 is 0 Å². The molecule has 6 rings (SSSR count). The molecule has 4 aromatic rings. The van der Waals surface area contributed by atoms with E-state index in [4.69, 9.17) is 9.47 Å². The van der Waals surface area contributed by atoms with Crippen LogP contribution in [0.3, 0.4) is 0 Å². The average molecular weight is 606 g/mol. The number of halogens is 2. The quantitative estimate of drug-likeness (QED) is 0.312. The molecule has 1 aromatic heterocycles. The number of aryl methyl sites for hydroxylation is 1. The van der Waals surface area contributed by atoms with Crippen molar-refractivity contribution in [1.82, 2.24) is 15.0 Å². The van der Waals surface area contributed by atoms with Gasteiger partial charge in [0.25, 0.3) is 0 Å². The minimum absolute atomic E-state index is 0.0655. The molecule has 1 fully saturated rings. The zero-order valence-corrected chi connectivity index (χ0v) is 23.3. The molecule has 0 aliphatic carbocycles. The first-order valence-corrected chi connectivity index (χ1v) is 13.5. The predicted octanol–water partition coefficient (Wildman–Crippen LogP) is 5.48. The van der Waals surface area contributed by atoms with Crippen molar-refractivity contribution in [3.8, 4) is 22.8 Å². The van der Waals surface area contributed by atoms with Crippen molar-refractivity contribution in [2.45, 2.75) is 26.3 Å². The maximum atomic E-state index is 14.8. The van der Waals surface area contributed by atoms with E-state index in [1.807, 2.05) is 26.0 Å². The third-order valence-corrected chi connectivity index (χ3v) is 8.13. The lowest BCUT2D eigenvalue weighted by Crippen LogP contribution is -2.28. The van der Waals surface area contributed by atoms with Gasteiger partial charge in [-0.1, -0.05) is 33.3 Å². The zero-order chi connectivity index (χ0) is 28.0. The summed E-state index contributed by atoms with van der Waals surface area (Å²) in [7, 11) is 0. The number of hydrogen-bond acceptors (Lipinski definition) is 6. The van der Waals surface area contributed by atoms with Crippen LogP contribution in [0.15, 0.2) is 65.3 Å². The molecule has 2 aliphatic heterocycles. The monoisotopic (exact) mass is 605 g/mol. The van der Waals surface area contributed by atoms with Gasteiger partial charge in [0.15, 0.2) is 11.5 Å². The molecule has 204 valence electrons. The van der Waals surface area contributed by atoms with Crippen LogP contribution in [0.4, 0.5) is 15.8 Å². The van der Waals surface area contributed by atoms with E-state index in [1.165, 1.54) is 18.2 Å². The summed E-state index contributed by atoms with van der Waals surface area (Å²) >= 11 is 3.51. The number of hydrogen-bond donors (Lipinski definition) is 1. The van der Waals surface area contributed by atoms with Gasteiger partial charge in [0, 0.05) is 40.4 Å². The Hall–Kier alpha value is -4.25. The van der Waals surface area contributed by atoms with E-state index in [2.05, 4.69) is 37.6 Å². The Balaban J connectivity index is 1.16. The van der Waals surface area contributed by atoms with Gasteiger partial charge in [-0.15, -0.1) is 5.10 Å². The number of nitrogens with zero attached hydrogens (tertiary/aromatic N) is 4. The van der Waals surface area contributed by atoms with Gasteiger partial charge in [-0.05, 0) is 61.4 Å². The third-order valence-electron chi connectivity index (χ3n) is 7.25. The molecule has 0 saturated carbocycles. The highest BCUT2D eigenvalue weighted by atomic mass is 79.9. The number of nitrogens with one attached hydrogen (secondary N) is 1. The van der Waals surface area contributed by atoms with E-state index in [0.29, 0.717) is 28.6 Å². The molecule has 0 spiro atoms. The van der Waals surface area contributed by atoms with Gasteiger partial charge >= 0.3 is 0 Å². The van der Waals surface area contributed by atoms with Crippen LogP contribution in [0.2, 0.25) is 0 Å². The number of anilines is 2. The third kappa shape index (κ3) is 4.92. The van der Waals surface area contributed by atoms with Crippen LogP contribution in [0.5, 0.6) is 11.5 Å². The average Bonchev–Trinajstić information content (AvgIpc) is 3.70. The lowest BCUT2D eigenvalue weighted by molar-refractivity contribution is -0.122. The lowest BCUT2D eigenvalue weighted by atomic mass is 10.1. The van der Waals surface area contributed by atoms with E-state index in [-0.39, 0.29) is 43.2 Å². The van der Waals surface area contributed by atoms with Crippen LogP contribution in [0.25, 0.3) is 11.3 Å². The Morgan fingerprint density at radius 1 is 1.12 bits per heavy atom. The largest absolute Gasteiger partial charge is 0.454 e. The number of carbonyl (C=O) groups is 2. The SMILES string of the molecule is Cc1cc([C@H](C)n2cc(-c3cc(NC(=O)C4CC(=O)N(c5ccc6c(c5)OCO6)C4)ccc3F)nn2)ccc1Br. The number of benzene rings is 3. The summed E-state index contributed by atoms with van der Waals surface area (Å²) < 4.78 is 28.3. The van der Waals surface area contributed by atoms with Crippen LogP contribution in [0.1, 0.15) is 30.5 Å². The molecule has 0 bridgehead atoms. The maximum absolute atomic E-state index is 14.8. The molecular formula is C29H25BrFN5O4. The topological polar surface area (TPSA) is 98.6 Å². The predicted molar refractivity (Wildman–Crippen MR) is 150 cm³/mol. The van der Waals surface area contributed by atoms with Crippen LogP contribution in [-0.2, 0) is 9.59 Å². The molecule has 1 N–H and O–H groups in total. The van der Waals surface area contributed by atoms with Crippen molar-refractivity contribution < 1.29 is 23.5 Å². The molecule has 1 unspecified atom stereocenters. The number of carbonyl (C=O) groups excluding carboxylic acids is 2. The highest BCUT2D eigenvalue weighted by Gasteiger charge is 2.36. The fraction of sp³-hybridized carbons (Fsp3) is 0.241. The highest BCUT2D eigenvalue weighted by Crippen LogP contribution is 2.37. The molecular weight excluding hydrogens is 581 g/mol. The van der Waals surface area contributed by atoms with Crippen molar-refractivity contribution in [2.24, 2.45) is 5.92 Å². The number of fused-ring (bicyclic) bond motifs is 1. The minimum atomic E-state index is -0.567. The lowest BCUT2D eigenvalue weighted by Gasteiger charge is -2.17. The molecule has 0 radical (unpaired) electrons. The molecule has 2 amide bonds. The first-order valence-electron chi connectivity index (χ1n) is 12.8. The second kappa shape index (κ2) is 10.4. The van der Waals surface area contributed by atoms with Gasteiger partial charge in [0.1, 0.15) is 11.5 Å². The van der Waals surface area contributed by atoms with E-state index in [0.717, 1.165) is 15.6 Å². The van der Waals surface area contributed by atoms with Crippen molar-refractivity contribution >= 4 is 39.1 Å². The number of ether oxygens (including phenoxy) is 2. The molecule has 2 aliphatic rings. The summed E-state index contributed by atoms with van der Waals surface area (Å²) in [6.45, 7) is 4.36. The summed E-state index contributed by atoms with van der Waals surface area (Å²) in [5, 5.41) is 11.2. The van der Waals surface area contributed by atoms with E-state index in [1.54, 1.807) is 34.0 Å². The fourth-order valence-electron chi connectivity index (χ4n) is 4.90. The van der Waals surface area contributed by atoms with Crippen molar-refractivity contribution in [1.29, 1.82) is 0 Å². The first-order chi connectivity index (χ1) is 19.3. The second-order valence-electron chi connectivity index (χ2n) is 9.90. The van der Waals surface area contributed by atoms with Crippen LogP contribution >= 0.6 is 15.9 Å². The van der Waals surface area contributed by atoms with Gasteiger partial charge in [-0.2, -0.15) is 0 Å². The van der Waals surface area contributed by atoms with Gasteiger partial charge in [-0.3, -0.25) is 9.59 Å².